The highest BCUT2D eigenvalue weighted by molar-refractivity contribution is 6.30. The Labute approximate surface area is 134 Å². The zero-order valence-electron chi connectivity index (χ0n) is 12.0. The Bertz CT molecular complexity index is 863. The zero-order chi connectivity index (χ0) is 14.9. The summed E-state index contributed by atoms with van der Waals surface area (Å²) >= 11 is 5.89. The molecule has 0 radical (unpaired) electrons. The van der Waals surface area contributed by atoms with E-state index in [-0.39, 0.29) is 0 Å². The Kier molecular flexibility index (Phi) is 3.28. The molecule has 0 bridgehead atoms. The van der Waals surface area contributed by atoms with Crippen LogP contribution in [0.3, 0.4) is 0 Å². The van der Waals surface area contributed by atoms with Gasteiger partial charge in [0.25, 0.3) is 0 Å². The van der Waals surface area contributed by atoms with E-state index < -0.39 is 0 Å². The summed E-state index contributed by atoms with van der Waals surface area (Å²) < 4.78 is 0. The van der Waals surface area contributed by atoms with Gasteiger partial charge in [0.15, 0.2) is 0 Å². The van der Waals surface area contributed by atoms with Crippen LogP contribution in [0, 0.1) is 0 Å². The first kappa shape index (κ1) is 13.3. The largest absolute Gasteiger partial charge is 0.256 e. The molecule has 0 unspecified atom stereocenters. The van der Waals surface area contributed by atoms with Crippen LogP contribution in [0.4, 0.5) is 5.69 Å². The minimum absolute atomic E-state index is 0.743. The second-order valence-corrected chi connectivity index (χ2v) is 5.92. The van der Waals surface area contributed by atoms with E-state index in [1.165, 1.54) is 22.3 Å². The third-order valence-electron chi connectivity index (χ3n) is 4.01. The smallest absolute Gasteiger partial charge is 0.0633 e. The molecule has 0 fully saturated rings. The number of benzene rings is 3. The fourth-order valence-corrected chi connectivity index (χ4v) is 3.04. The van der Waals surface area contributed by atoms with Crippen LogP contribution in [0.15, 0.2) is 71.7 Å². The summed E-state index contributed by atoms with van der Waals surface area (Å²) in [5.74, 6) is 0. The lowest BCUT2D eigenvalue weighted by Gasteiger charge is -2.01. The van der Waals surface area contributed by atoms with Gasteiger partial charge in [-0.1, -0.05) is 54.1 Å². The first-order valence-electron chi connectivity index (χ1n) is 7.30. The first-order chi connectivity index (χ1) is 10.8. The van der Waals surface area contributed by atoms with Gasteiger partial charge in [-0.2, -0.15) is 0 Å². The van der Waals surface area contributed by atoms with Crippen molar-refractivity contribution in [3.63, 3.8) is 0 Å². The predicted octanol–water partition coefficient (Wildman–Crippen LogP) is 5.66. The van der Waals surface area contributed by atoms with Crippen molar-refractivity contribution in [1.82, 2.24) is 0 Å². The maximum Gasteiger partial charge on any atom is 0.0633 e. The van der Waals surface area contributed by atoms with E-state index in [0.717, 1.165) is 22.7 Å². The number of halogens is 1. The molecule has 3 aromatic carbocycles. The van der Waals surface area contributed by atoms with Crippen LogP contribution in [0.1, 0.15) is 16.7 Å². The molecular formula is C20H14ClN. The number of aliphatic imine (C=N–C) groups is 1. The lowest BCUT2D eigenvalue weighted by atomic mass is 10.1. The molecule has 0 heterocycles. The van der Waals surface area contributed by atoms with E-state index in [9.17, 15) is 0 Å². The van der Waals surface area contributed by atoms with Crippen molar-refractivity contribution >= 4 is 23.5 Å². The van der Waals surface area contributed by atoms with Crippen LogP contribution in [0.2, 0.25) is 5.02 Å². The highest BCUT2D eigenvalue weighted by Crippen LogP contribution is 2.38. The maximum atomic E-state index is 5.89. The number of rotatable bonds is 2. The first-order valence-corrected chi connectivity index (χ1v) is 7.68. The number of fused-ring (bicyclic) bond motifs is 3. The van der Waals surface area contributed by atoms with Gasteiger partial charge >= 0.3 is 0 Å². The molecule has 0 N–H and O–H groups in total. The molecule has 0 saturated carbocycles. The normalized spacial score (nSPS) is 12.4. The molecule has 0 amide bonds. The standard InChI is InChI=1S/C20H14ClN/c21-17-7-5-14(6-8-17)13-22-18-9-10-20-16(12-18)11-15-3-1-2-4-19(15)20/h1-10,12-13H,11H2. The number of nitrogens with zero attached hydrogens (tertiary/aromatic N) is 1. The number of hydrogen-bond acceptors (Lipinski definition) is 1. The van der Waals surface area contributed by atoms with Crippen LogP contribution in [0.25, 0.3) is 11.1 Å². The van der Waals surface area contributed by atoms with Crippen molar-refractivity contribution < 1.29 is 0 Å². The van der Waals surface area contributed by atoms with Crippen LogP contribution < -0.4 is 0 Å². The number of hydrogen-bond donors (Lipinski definition) is 0. The minimum atomic E-state index is 0.743. The van der Waals surface area contributed by atoms with Gasteiger partial charge in [0, 0.05) is 11.2 Å². The van der Waals surface area contributed by atoms with E-state index in [1.54, 1.807) is 0 Å². The minimum Gasteiger partial charge on any atom is -0.256 e. The Hall–Kier alpha value is -2.38. The van der Waals surface area contributed by atoms with Gasteiger partial charge in [-0.05, 0) is 58.5 Å². The summed E-state index contributed by atoms with van der Waals surface area (Å²) in [6.45, 7) is 0. The van der Waals surface area contributed by atoms with Gasteiger partial charge in [0.1, 0.15) is 0 Å². The summed E-state index contributed by atoms with van der Waals surface area (Å²) in [7, 11) is 0. The van der Waals surface area contributed by atoms with Crippen molar-refractivity contribution in [2.75, 3.05) is 0 Å². The Balaban J connectivity index is 1.63. The van der Waals surface area contributed by atoms with Gasteiger partial charge in [0.2, 0.25) is 0 Å². The van der Waals surface area contributed by atoms with E-state index >= 15 is 0 Å². The van der Waals surface area contributed by atoms with Crippen LogP contribution in [-0.4, -0.2) is 6.21 Å². The van der Waals surface area contributed by atoms with Gasteiger partial charge in [0.05, 0.1) is 5.69 Å². The SMILES string of the molecule is Clc1ccc(C=Nc2ccc3c(c2)Cc2ccccc2-3)cc1. The fourth-order valence-electron chi connectivity index (χ4n) is 2.91. The average Bonchev–Trinajstić information content (AvgIpc) is 2.92. The molecule has 0 aromatic heterocycles. The average molecular weight is 304 g/mol. The maximum absolute atomic E-state index is 5.89. The van der Waals surface area contributed by atoms with Gasteiger partial charge in [-0.25, -0.2) is 0 Å². The molecule has 0 atom stereocenters. The highest BCUT2D eigenvalue weighted by Gasteiger charge is 2.17. The van der Waals surface area contributed by atoms with Crippen molar-refractivity contribution in [1.29, 1.82) is 0 Å². The summed E-state index contributed by atoms with van der Waals surface area (Å²) in [5.41, 5.74) is 7.48. The molecule has 2 heteroatoms. The molecule has 1 aliphatic rings. The predicted molar refractivity (Wildman–Crippen MR) is 93.4 cm³/mol. The zero-order valence-corrected chi connectivity index (χ0v) is 12.7. The Morgan fingerprint density at radius 2 is 1.59 bits per heavy atom. The second-order valence-electron chi connectivity index (χ2n) is 5.49. The van der Waals surface area contributed by atoms with E-state index in [1.807, 2.05) is 30.5 Å². The van der Waals surface area contributed by atoms with Crippen LogP contribution in [-0.2, 0) is 6.42 Å². The molecular weight excluding hydrogens is 290 g/mol. The van der Waals surface area contributed by atoms with Gasteiger partial charge in [-0.15, -0.1) is 0 Å². The van der Waals surface area contributed by atoms with Crippen molar-refractivity contribution in [3.05, 3.63) is 88.4 Å². The molecule has 106 valence electrons. The highest BCUT2D eigenvalue weighted by atomic mass is 35.5. The Morgan fingerprint density at radius 1 is 0.818 bits per heavy atom. The molecule has 4 rings (SSSR count). The summed E-state index contributed by atoms with van der Waals surface area (Å²) in [5, 5.41) is 0.743. The molecule has 22 heavy (non-hydrogen) atoms. The third-order valence-corrected chi connectivity index (χ3v) is 4.26. The topological polar surface area (TPSA) is 12.4 Å². The Morgan fingerprint density at radius 3 is 2.45 bits per heavy atom. The van der Waals surface area contributed by atoms with Crippen molar-refractivity contribution in [2.24, 2.45) is 4.99 Å². The monoisotopic (exact) mass is 303 g/mol. The second kappa shape index (κ2) is 5.43. The molecule has 1 aliphatic carbocycles. The molecule has 1 nitrogen and oxygen atoms in total. The summed E-state index contributed by atoms with van der Waals surface area (Å²) in [6.07, 6.45) is 2.87. The van der Waals surface area contributed by atoms with E-state index in [2.05, 4.69) is 47.5 Å². The quantitative estimate of drug-likeness (QED) is 0.424. The van der Waals surface area contributed by atoms with Gasteiger partial charge < -0.3 is 0 Å². The lowest BCUT2D eigenvalue weighted by molar-refractivity contribution is 1.26. The molecule has 0 spiro atoms. The van der Waals surface area contributed by atoms with Crippen molar-refractivity contribution in [2.45, 2.75) is 6.42 Å². The van der Waals surface area contributed by atoms with Crippen molar-refractivity contribution in [3.8, 4) is 11.1 Å². The summed E-state index contributed by atoms with van der Waals surface area (Å²) in [4.78, 5) is 4.58. The van der Waals surface area contributed by atoms with E-state index in [4.69, 9.17) is 11.6 Å². The fraction of sp³-hybridized carbons (Fsp3) is 0.0500. The molecule has 0 aliphatic heterocycles. The summed E-state index contributed by atoms with van der Waals surface area (Å²) in [6, 6.07) is 22.7. The lowest BCUT2D eigenvalue weighted by Crippen LogP contribution is -1.81. The van der Waals surface area contributed by atoms with E-state index in [0.29, 0.717) is 0 Å². The molecule has 0 saturated heterocycles. The van der Waals surface area contributed by atoms with Gasteiger partial charge in [-0.3, -0.25) is 4.99 Å². The molecule has 3 aromatic rings. The van der Waals surface area contributed by atoms with Crippen LogP contribution >= 0.6 is 11.6 Å². The third kappa shape index (κ3) is 2.44. The van der Waals surface area contributed by atoms with Crippen LogP contribution in [0.5, 0.6) is 0 Å².